The highest BCUT2D eigenvalue weighted by Crippen LogP contribution is 2.09. The fraction of sp³-hybridized carbons (Fsp3) is 0.692. The number of amides is 1. The summed E-state index contributed by atoms with van der Waals surface area (Å²) in [7, 11) is 1.80. The van der Waals surface area contributed by atoms with E-state index in [0.717, 1.165) is 38.9 Å². The van der Waals surface area contributed by atoms with Crippen molar-refractivity contribution in [2.45, 2.75) is 25.4 Å². The maximum absolute atomic E-state index is 11.8. The summed E-state index contributed by atoms with van der Waals surface area (Å²) in [4.78, 5) is 18.0. The van der Waals surface area contributed by atoms with Gasteiger partial charge in [-0.15, -0.1) is 0 Å². The molecule has 0 aromatic carbocycles. The molecule has 1 atom stereocenters. The van der Waals surface area contributed by atoms with E-state index >= 15 is 0 Å². The molecule has 0 saturated carbocycles. The normalized spacial score (nSPS) is 20.4. The summed E-state index contributed by atoms with van der Waals surface area (Å²) in [5.41, 5.74) is 0. The molecular formula is C13H22N4O2. The number of carbonyl (C=O) groups excluding carboxylic acids is 1. The van der Waals surface area contributed by atoms with Crippen molar-refractivity contribution in [3.63, 3.8) is 0 Å². The summed E-state index contributed by atoms with van der Waals surface area (Å²) in [5.74, 6) is 0.305. The number of aliphatic hydroxyl groups excluding tert-OH is 1. The topological polar surface area (TPSA) is 70.4 Å². The number of carbonyl (C=O) groups is 1. The van der Waals surface area contributed by atoms with Gasteiger partial charge < -0.3 is 19.9 Å². The molecule has 0 spiro atoms. The van der Waals surface area contributed by atoms with Crippen LogP contribution in [0.3, 0.4) is 0 Å². The van der Waals surface area contributed by atoms with Crippen LogP contribution in [-0.2, 0) is 7.05 Å². The Morgan fingerprint density at radius 3 is 3.16 bits per heavy atom. The third-order valence-electron chi connectivity index (χ3n) is 3.44. The lowest BCUT2D eigenvalue weighted by molar-refractivity contribution is 0.0697. The molecule has 6 heteroatoms. The van der Waals surface area contributed by atoms with Crippen LogP contribution in [0.4, 0.5) is 0 Å². The lowest BCUT2D eigenvalue weighted by Crippen LogP contribution is -2.39. The first-order chi connectivity index (χ1) is 9.16. The predicted molar refractivity (Wildman–Crippen MR) is 71.8 cm³/mol. The number of imidazole rings is 1. The van der Waals surface area contributed by atoms with Gasteiger partial charge in [0.2, 0.25) is 0 Å². The minimum atomic E-state index is -0.184. The van der Waals surface area contributed by atoms with Gasteiger partial charge in [-0.25, -0.2) is 4.98 Å². The summed E-state index contributed by atoms with van der Waals surface area (Å²) in [6.07, 6.45) is 6.04. The minimum absolute atomic E-state index is 0.133. The van der Waals surface area contributed by atoms with Gasteiger partial charge >= 0.3 is 0 Å². The molecule has 1 aromatic rings. The van der Waals surface area contributed by atoms with Crippen LogP contribution in [0.2, 0.25) is 0 Å². The smallest absolute Gasteiger partial charge is 0.287 e. The number of piperidine rings is 1. The molecule has 1 aliphatic heterocycles. The monoisotopic (exact) mass is 266 g/mol. The van der Waals surface area contributed by atoms with Crippen LogP contribution in [0.1, 0.15) is 29.9 Å². The van der Waals surface area contributed by atoms with Crippen molar-refractivity contribution in [1.82, 2.24) is 19.8 Å². The van der Waals surface area contributed by atoms with Gasteiger partial charge in [0.25, 0.3) is 5.91 Å². The molecule has 0 aliphatic carbocycles. The molecule has 1 amide bonds. The molecule has 106 valence electrons. The van der Waals surface area contributed by atoms with Crippen LogP contribution < -0.4 is 5.32 Å². The first kappa shape index (κ1) is 14.0. The Kier molecular flexibility index (Phi) is 4.93. The predicted octanol–water partition coefficient (Wildman–Crippen LogP) is -0.00330. The number of nitrogens with zero attached hydrogens (tertiary/aromatic N) is 3. The summed E-state index contributed by atoms with van der Waals surface area (Å²) in [6, 6.07) is 0. The van der Waals surface area contributed by atoms with Crippen molar-refractivity contribution < 1.29 is 9.90 Å². The highest BCUT2D eigenvalue weighted by Gasteiger charge is 2.17. The second-order valence-corrected chi connectivity index (χ2v) is 5.07. The first-order valence-electron chi connectivity index (χ1n) is 6.83. The number of aromatic nitrogens is 2. The van der Waals surface area contributed by atoms with E-state index < -0.39 is 0 Å². The van der Waals surface area contributed by atoms with Gasteiger partial charge in [-0.3, -0.25) is 4.79 Å². The van der Waals surface area contributed by atoms with E-state index in [2.05, 4.69) is 15.2 Å². The third kappa shape index (κ3) is 4.04. The van der Waals surface area contributed by atoms with E-state index in [-0.39, 0.29) is 12.0 Å². The Hall–Kier alpha value is -1.40. The molecule has 2 N–H and O–H groups in total. The van der Waals surface area contributed by atoms with Crippen molar-refractivity contribution in [3.8, 4) is 0 Å². The molecule has 1 saturated heterocycles. The van der Waals surface area contributed by atoms with E-state index in [1.54, 1.807) is 24.0 Å². The van der Waals surface area contributed by atoms with E-state index in [1.165, 1.54) is 0 Å². The van der Waals surface area contributed by atoms with Crippen LogP contribution in [0.25, 0.3) is 0 Å². The maximum atomic E-state index is 11.8. The summed E-state index contributed by atoms with van der Waals surface area (Å²) in [6.45, 7) is 3.36. The van der Waals surface area contributed by atoms with Gasteiger partial charge in [-0.05, 0) is 32.4 Å². The number of likely N-dealkylation sites (tertiary alicyclic amines) is 1. The number of β-amino-alcohol motifs (C(OH)–C–C–N with tert-alkyl or cyclic N) is 1. The third-order valence-corrected chi connectivity index (χ3v) is 3.44. The molecule has 19 heavy (non-hydrogen) atoms. The Bertz CT molecular complexity index is 419. The summed E-state index contributed by atoms with van der Waals surface area (Å²) in [5, 5.41) is 12.4. The Balaban J connectivity index is 1.64. The van der Waals surface area contributed by atoms with E-state index in [4.69, 9.17) is 0 Å². The molecule has 1 unspecified atom stereocenters. The van der Waals surface area contributed by atoms with Crippen LogP contribution in [0.15, 0.2) is 12.4 Å². The van der Waals surface area contributed by atoms with Crippen molar-refractivity contribution in [2.75, 3.05) is 26.2 Å². The SMILES string of the molecule is Cn1ccnc1C(=O)NCCCN1CCCC(O)C1. The second-order valence-electron chi connectivity index (χ2n) is 5.07. The molecule has 1 aliphatic rings. The number of aryl methyl sites for hydroxylation is 1. The van der Waals surface area contributed by atoms with Crippen molar-refractivity contribution in [2.24, 2.45) is 7.05 Å². The molecule has 1 fully saturated rings. The summed E-state index contributed by atoms with van der Waals surface area (Å²) < 4.78 is 1.70. The zero-order valence-electron chi connectivity index (χ0n) is 11.4. The van der Waals surface area contributed by atoms with Crippen molar-refractivity contribution >= 4 is 5.91 Å². The maximum Gasteiger partial charge on any atom is 0.287 e. The highest BCUT2D eigenvalue weighted by atomic mass is 16.3. The van der Waals surface area contributed by atoms with Gasteiger partial charge in [0, 0.05) is 32.5 Å². The van der Waals surface area contributed by atoms with Gasteiger partial charge in [0.05, 0.1) is 6.10 Å². The Morgan fingerprint density at radius 1 is 1.63 bits per heavy atom. The molecule has 0 bridgehead atoms. The number of hydrogen-bond donors (Lipinski definition) is 2. The fourth-order valence-corrected chi connectivity index (χ4v) is 2.40. The van der Waals surface area contributed by atoms with E-state index in [1.807, 2.05) is 0 Å². The Morgan fingerprint density at radius 2 is 2.47 bits per heavy atom. The summed E-state index contributed by atoms with van der Waals surface area (Å²) >= 11 is 0. The number of aliphatic hydroxyl groups is 1. The average molecular weight is 266 g/mol. The zero-order chi connectivity index (χ0) is 13.7. The number of nitrogens with one attached hydrogen (secondary N) is 1. The molecule has 2 rings (SSSR count). The minimum Gasteiger partial charge on any atom is -0.392 e. The lowest BCUT2D eigenvalue weighted by Gasteiger charge is -2.29. The van der Waals surface area contributed by atoms with Crippen LogP contribution in [0.5, 0.6) is 0 Å². The Labute approximate surface area is 113 Å². The highest BCUT2D eigenvalue weighted by molar-refractivity contribution is 5.90. The van der Waals surface area contributed by atoms with E-state index in [0.29, 0.717) is 12.4 Å². The van der Waals surface area contributed by atoms with Crippen LogP contribution in [-0.4, -0.2) is 57.7 Å². The number of hydrogen-bond acceptors (Lipinski definition) is 4. The van der Waals surface area contributed by atoms with Crippen LogP contribution in [0, 0.1) is 0 Å². The standard InChI is InChI=1S/C13H22N4O2/c1-16-9-6-14-12(16)13(19)15-5-3-8-17-7-2-4-11(18)10-17/h6,9,11,18H,2-5,7-8,10H2,1H3,(H,15,19). The fourth-order valence-electron chi connectivity index (χ4n) is 2.40. The quantitative estimate of drug-likeness (QED) is 0.736. The lowest BCUT2D eigenvalue weighted by atomic mass is 10.1. The van der Waals surface area contributed by atoms with Crippen LogP contribution >= 0.6 is 0 Å². The van der Waals surface area contributed by atoms with Gasteiger partial charge in [-0.1, -0.05) is 0 Å². The first-order valence-corrected chi connectivity index (χ1v) is 6.83. The van der Waals surface area contributed by atoms with Crippen molar-refractivity contribution in [1.29, 1.82) is 0 Å². The van der Waals surface area contributed by atoms with Crippen molar-refractivity contribution in [3.05, 3.63) is 18.2 Å². The van der Waals surface area contributed by atoms with Gasteiger partial charge in [0.1, 0.15) is 0 Å². The zero-order valence-corrected chi connectivity index (χ0v) is 11.4. The number of rotatable bonds is 5. The van der Waals surface area contributed by atoms with Gasteiger partial charge in [0.15, 0.2) is 5.82 Å². The van der Waals surface area contributed by atoms with E-state index in [9.17, 15) is 9.90 Å². The molecule has 0 radical (unpaired) electrons. The largest absolute Gasteiger partial charge is 0.392 e. The molecule has 2 heterocycles. The second kappa shape index (κ2) is 6.68. The average Bonchev–Trinajstić information content (AvgIpc) is 2.81. The molecule has 6 nitrogen and oxygen atoms in total. The van der Waals surface area contributed by atoms with Gasteiger partial charge in [-0.2, -0.15) is 0 Å². The molecule has 1 aromatic heterocycles. The molecular weight excluding hydrogens is 244 g/mol.